The quantitative estimate of drug-likeness (QED) is 0.462. The van der Waals surface area contributed by atoms with Gasteiger partial charge in [0.25, 0.3) is 0 Å². The van der Waals surface area contributed by atoms with Crippen LogP contribution in [0.1, 0.15) is 38.7 Å². The molecule has 0 saturated heterocycles. The largest absolute Gasteiger partial charge is 0.480 e. The highest BCUT2D eigenvalue weighted by molar-refractivity contribution is 7.89. The minimum atomic E-state index is -3.64. The maximum atomic E-state index is 11.9. The summed E-state index contributed by atoms with van der Waals surface area (Å²) in [7, 11) is -3.64. The maximum Gasteiger partial charge on any atom is 0.407 e. The molecule has 1 atom stereocenters. The van der Waals surface area contributed by atoms with E-state index in [1.165, 1.54) is 0 Å². The number of amides is 1. The lowest BCUT2D eigenvalue weighted by Gasteiger charge is -2.15. The van der Waals surface area contributed by atoms with Crippen molar-refractivity contribution in [3.05, 3.63) is 35.9 Å². The number of carbonyl (C=O) groups is 2. The van der Waals surface area contributed by atoms with Crippen molar-refractivity contribution in [3.63, 3.8) is 0 Å². The summed E-state index contributed by atoms with van der Waals surface area (Å²) >= 11 is 0. The molecule has 1 aromatic carbocycles. The van der Waals surface area contributed by atoms with Gasteiger partial charge >= 0.3 is 12.1 Å². The molecule has 1 rings (SSSR count). The number of rotatable bonds is 12. The molecule has 0 heterocycles. The van der Waals surface area contributed by atoms with Crippen molar-refractivity contribution in [2.24, 2.45) is 5.92 Å². The van der Waals surface area contributed by atoms with Crippen molar-refractivity contribution in [1.82, 2.24) is 10.0 Å². The van der Waals surface area contributed by atoms with Gasteiger partial charge in [0.1, 0.15) is 12.6 Å². The Morgan fingerprint density at radius 2 is 1.81 bits per heavy atom. The van der Waals surface area contributed by atoms with Gasteiger partial charge in [0.15, 0.2) is 0 Å². The predicted molar refractivity (Wildman–Crippen MR) is 102 cm³/mol. The molecule has 0 fully saturated rings. The fourth-order valence-electron chi connectivity index (χ4n) is 2.37. The number of unbranched alkanes of at least 4 members (excludes halogenated alkanes) is 1. The van der Waals surface area contributed by atoms with Crippen LogP contribution in [0, 0.1) is 5.92 Å². The smallest absolute Gasteiger partial charge is 0.407 e. The summed E-state index contributed by atoms with van der Waals surface area (Å²) in [5, 5.41) is 11.8. The highest BCUT2D eigenvalue weighted by atomic mass is 32.2. The van der Waals surface area contributed by atoms with Gasteiger partial charge in [-0.2, -0.15) is 0 Å². The van der Waals surface area contributed by atoms with Crippen LogP contribution in [-0.4, -0.2) is 43.9 Å². The molecule has 0 aromatic heterocycles. The Morgan fingerprint density at radius 1 is 1.15 bits per heavy atom. The average molecular weight is 400 g/mol. The molecular weight excluding hydrogens is 372 g/mol. The summed E-state index contributed by atoms with van der Waals surface area (Å²) in [6.07, 6.45) is 0.551. The Hall–Kier alpha value is -2.13. The molecule has 152 valence electrons. The Kier molecular flexibility index (Phi) is 9.81. The fraction of sp³-hybridized carbons (Fsp3) is 0.556. The summed E-state index contributed by atoms with van der Waals surface area (Å²) in [6.45, 7) is 3.99. The number of benzene rings is 1. The summed E-state index contributed by atoms with van der Waals surface area (Å²) in [5.74, 6) is -1.42. The number of carboxylic acids is 1. The van der Waals surface area contributed by atoms with Crippen LogP contribution in [0.15, 0.2) is 30.3 Å². The molecule has 0 aliphatic heterocycles. The molecule has 1 aromatic rings. The molecule has 0 unspecified atom stereocenters. The van der Waals surface area contributed by atoms with Crippen molar-refractivity contribution in [2.45, 2.75) is 45.8 Å². The maximum absolute atomic E-state index is 11.9. The van der Waals surface area contributed by atoms with Gasteiger partial charge in [-0.05, 0) is 30.7 Å². The highest BCUT2D eigenvalue weighted by Crippen LogP contribution is 2.06. The monoisotopic (exact) mass is 400 g/mol. The standard InChI is InChI=1S/C18H28N2O6S/c1-14(2)13-27(24,25)20-16(17(21)22)10-6-7-11-19-18(23)26-12-15-8-4-3-5-9-15/h3-5,8-9,14,16,20H,6-7,10-13H2,1-2H3,(H,19,23)(H,21,22)/t16-/m0/s1. The number of nitrogens with one attached hydrogen (secondary N) is 2. The Labute approximate surface area is 160 Å². The second-order valence-corrected chi connectivity index (χ2v) is 8.47. The molecule has 27 heavy (non-hydrogen) atoms. The van der Waals surface area contributed by atoms with Gasteiger partial charge in [-0.1, -0.05) is 44.2 Å². The molecule has 0 radical (unpaired) electrons. The number of carbonyl (C=O) groups excluding carboxylic acids is 1. The van der Waals surface area contributed by atoms with Gasteiger partial charge < -0.3 is 15.2 Å². The lowest BCUT2D eigenvalue weighted by Crippen LogP contribution is -2.42. The van der Waals surface area contributed by atoms with E-state index in [1.54, 1.807) is 13.8 Å². The number of carboxylic acid groups (broad SMARTS) is 1. The van der Waals surface area contributed by atoms with Gasteiger partial charge in [-0.15, -0.1) is 0 Å². The van der Waals surface area contributed by atoms with Crippen LogP contribution in [0.2, 0.25) is 0 Å². The lowest BCUT2D eigenvalue weighted by molar-refractivity contribution is -0.139. The number of hydrogen-bond donors (Lipinski definition) is 3. The molecule has 1 amide bonds. The van der Waals surface area contributed by atoms with E-state index in [0.717, 1.165) is 5.56 Å². The van der Waals surface area contributed by atoms with Crippen molar-refractivity contribution in [2.75, 3.05) is 12.3 Å². The molecule has 0 spiro atoms. The van der Waals surface area contributed by atoms with Crippen molar-refractivity contribution < 1.29 is 27.9 Å². The molecule has 0 bridgehead atoms. The van der Waals surface area contributed by atoms with E-state index in [0.29, 0.717) is 19.4 Å². The van der Waals surface area contributed by atoms with Crippen LogP contribution in [0.3, 0.4) is 0 Å². The Balaban J connectivity index is 2.25. The minimum Gasteiger partial charge on any atom is -0.480 e. The number of sulfonamides is 1. The van der Waals surface area contributed by atoms with Gasteiger partial charge in [0.2, 0.25) is 10.0 Å². The number of hydrogen-bond acceptors (Lipinski definition) is 5. The zero-order valence-electron chi connectivity index (χ0n) is 15.7. The average Bonchev–Trinajstić information content (AvgIpc) is 2.58. The summed E-state index contributed by atoms with van der Waals surface area (Å²) < 4.78 is 31.0. The van der Waals surface area contributed by atoms with Crippen LogP contribution in [0.5, 0.6) is 0 Å². The van der Waals surface area contributed by atoms with Crippen molar-refractivity contribution in [3.8, 4) is 0 Å². The Morgan fingerprint density at radius 3 is 2.41 bits per heavy atom. The van der Waals surface area contributed by atoms with Crippen molar-refractivity contribution >= 4 is 22.1 Å². The fourth-order valence-corrected chi connectivity index (χ4v) is 4.00. The first-order valence-electron chi connectivity index (χ1n) is 8.87. The van der Waals surface area contributed by atoms with Crippen molar-refractivity contribution in [1.29, 1.82) is 0 Å². The normalized spacial score (nSPS) is 12.6. The van der Waals surface area contributed by atoms with E-state index in [9.17, 15) is 23.1 Å². The van der Waals surface area contributed by atoms with Crippen LogP contribution in [0.4, 0.5) is 4.79 Å². The first-order chi connectivity index (χ1) is 12.7. The molecule has 0 saturated carbocycles. The first-order valence-corrected chi connectivity index (χ1v) is 10.5. The summed E-state index contributed by atoms with van der Waals surface area (Å²) in [5.41, 5.74) is 0.880. The summed E-state index contributed by atoms with van der Waals surface area (Å²) in [4.78, 5) is 22.8. The van der Waals surface area contributed by atoms with E-state index in [1.807, 2.05) is 30.3 Å². The van der Waals surface area contributed by atoms with E-state index in [4.69, 9.17) is 4.74 Å². The number of aliphatic carboxylic acids is 1. The van der Waals surface area contributed by atoms with Crippen LogP contribution < -0.4 is 10.0 Å². The second kappa shape index (κ2) is 11.6. The van der Waals surface area contributed by atoms with Crippen LogP contribution in [0.25, 0.3) is 0 Å². The predicted octanol–water partition coefficient (Wildman–Crippen LogP) is 2.11. The third-order valence-electron chi connectivity index (χ3n) is 3.57. The molecule has 0 aliphatic carbocycles. The van der Waals surface area contributed by atoms with Gasteiger partial charge in [-0.3, -0.25) is 4.79 Å². The minimum absolute atomic E-state index is 0.0944. The molecular formula is C18H28N2O6S. The van der Waals surface area contributed by atoms with E-state index < -0.39 is 28.1 Å². The molecule has 9 heteroatoms. The SMILES string of the molecule is CC(C)CS(=O)(=O)N[C@@H](CCCCNC(=O)OCc1ccccc1)C(=O)O. The molecule has 0 aliphatic rings. The second-order valence-electron chi connectivity index (χ2n) is 6.67. The summed E-state index contributed by atoms with van der Waals surface area (Å²) in [6, 6.07) is 8.10. The van der Waals surface area contributed by atoms with E-state index >= 15 is 0 Å². The third kappa shape index (κ3) is 10.6. The van der Waals surface area contributed by atoms with Crippen LogP contribution in [-0.2, 0) is 26.2 Å². The van der Waals surface area contributed by atoms with Gasteiger partial charge in [-0.25, -0.2) is 17.9 Å². The zero-order chi connectivity index (χ0) is 20.3. The third-order valence-corrected chi connectivity index (χ3v) is 5.32. The first kappa shape index (κ1) is 22.9. The zero-order valence-corrected chi connectivity index (χ0v) is 16.5. The number of ether oxygens (including phenoxy) is 1. The van der Waals surface area contributed by atoms with E-state index in [-0.39, 0.29) is 24.7 Å². The molecule has 3 N–H and O–H groups in total. The van der Waals surface area contributed by atoms with Gasteiger partial charge in [0, 0.05) is 6.54 Å². The lowest BCUT2D eigenvalue weighted by atomic mass is 10.1. The topological polar surface area (TPSA) is 122 Å². The molecule has 8 nitrogen and oxygen atoms in total. The Bertz CT molecular complexity index is 691. The van der Waals surface area contributed by atoms with Crippen LogP contribution >= 0.6 is 0 Å². The van der Waals surface area contributed by atoms with Gasteiger partial charge in [0.05, 0.1) is 5.75 Å². The highest BCUT2D eigenvalue weighted by Gasteiger charge is 2.24. The van der Waals surface area contributed by atoms with E-state index in [2.05, 4.69) is 10.0 Å². The number of alkyl carbamates (subject to hydrolysis) is 1.